The highest BCUT2D eigenvalue weighted by Crippen LogP contribution is 2.44. The number of rotatable bonds is 6. The first-order chi connectivity index (χ1) is 13.8. The third-order valence-corrected chi connectivity index (χ3v) is 7.63. The van der Waals surface area contributed by atoms with Gasteiger partial charge in [-0.05, 0) is 110 Å². The van der Waals surface area contributed by atoms with Crippen LogP contribution in [0.15, 0.2) is 61.7 Å². The molecule has 0 unspecified atom stereocenters. The highest BCUT2D eigenvalue weighted by Gasteiger charge is 2.30. The Kier molecular flexibility index (Phi) is 6.35. The summed E-state index contributed by atoms with van der Waals surface area (Å²) in [5, 5.41) is 2.79. The van der Waals surface area contributed by atoms with E-state index in [1.165, 1.54) is 67.7 Å². The van der Waals surface area contributed by atoms with Crippen LogP contribution >= 0.6 is 0 Å². The molecule has 0 bridgehead atoms. The van der Waals surface area contributed by atoms with E-state index >= 15 is 0 Å². The quantitative estimate of drug-likeness (QED) is 0.448. The fraction of sp³-hybridized carbons (Fsp3) is 0.500. The molecule has 2 aromatic rings. The Morgan fingerprint density at radius 1 is 0.750 bits per heavy atom. The summed E-state index contributed by atoms with van der Waals surface area (Å²) in [6.07, 6.45) is 17.6. The SMILES string of the molecule is C=CCCc1ccc2cc(C3CCC(C4CCC(C=C)CC4)CC3)ccc2c1. The number of benzene rings is 2. The Hall–Kier alpha value is -1.82. The van der Waals surface area contributed by atoms with Crippen LogP contribution < -0.4 is 0 Å². The van der Waals surface area contributed by atoms with Crippen LogP contribution in [0.3, 0.4) is 0 Å². The van der Waals surface area contributed by atoms with Crippen LogP contribution in [0, 0.1) is 17.8 Å². The molecule has 0 heteroatoms. The molecule has 0 amide bonds. The zero-order valence-corrected chi connectivity index (χ0v) is 17.4. The van der Waals surface area contributed by atoms with Crippen LogP contribution in [-0.4, -0.2) is 0 Å². The van der Waals surface area contributed by atoms with Crippen molar-refractivity contribution in [3.05, 3.63) is 72.8 Å². The van der Waals surface area contributed by atoms with E-state index in [9.17, 15) is 0 Å². The highest BCUT2D eigenvalue weighted by molar-refractivity contribution is 5.84. The summed E-state index contributed by atoms with van der Waals surface area (Å²) >= 11 is 0. The fourth-order valence-electron chi connectivity index (χ4n) is 5.77. The van der Waals surface area contributed by atoms with Gasteiger partial charge in [0.1, 0.15) is 0 Å². The van der Waals surface area contributed by atoms with Gasteiger partial charge in [-0.15, -0.1) is 13.2 Å². The summed E-state index contributed by atoms with van der Waals surface area (Å²) < 4.78 is 0. The molecular weight excluding hydrogens is 336 g/mol. The maximum atomic E-state index is 4.00. The van der Waals surface area contributed by atoms with Crippen LogP contribution in [-0.2, 0) is 6.42 Å². The molecular formula is C28H36. The molecule has 2 fully saturated rings. The Bertz CT molecular complexity index is 798. The van der Waals surface area contributed by atoms with E-state index < -0.39 is 0 Å². The summed E-state index contributed by atoms with van der Waals surface area (Å²) in [4.78, 5) is 0. The molecule has 2 aliphatic rings. The van der Waals surface area contributed by atoms with Gasteiger partial charge in [-0.2, -0.15) is 0 Å². The Labute approximate surface area is 171 Å². The van der Waals surface area contributed by atoms with E-state index in [0.717, 1.165) is 36.5 Å². The molecule has 0 aromatic heterocycles. The van der Waals surface area contributed by atoms with Crippen molar-refractivity contribution in [2.24, 2.45) is 17.8 Å². The first-order valence-electron chi connectivity index (χ1n) is 11.5. The van der Waals surface area contributed by atoms with Crippen molar-refractivity contribution in [1.82, 2.24) is 0 Å². The van der Waals surface area contributed by atoms with Gasteiger partial charge < -0.3 is 0 Å². The second-order valence-electron chi connectivity index (χ2n) is 9.29. The second kappa shape index (κ2) is 9.12. The van der Waals surface area contributed by atoms with Crippen LogP contribution in [0.5, 0.6) is 0 Å². The maximum absolute atomic E-state index is 4.00. The summed E-state index contributed by atoms with van der Waals surface area (Å²) in [5.74, 6) is 3.53. The van der Waals surface area contributed by atoms with Crippen LogP contribution in [0.4, 0.5) is 0 Å². The van der Waals surface area contributed by atoms with Crippen LogP contribution in [0.2, 0.25) is 0 Å². The lowest BCUT2D eigenvalue weighted by Gasteiger charge is -2.37. The number of hydrogen-bond acceptors (Lipinski definition) is 0. The van der Waals surface area contributed by atoms with Crippen molar-refractivity contribution in [2.75, 3.05) is 0 Å². The van der Waals surface area contributed by atoms with Gasteiger partial charge in [0.2, 0.25) is 0 Å². The van der Waals surface area contributed by atoms with Crippen molar-refractivity contribution in [3.63, 3.8) is 0 Å². The molecule has 0 radical (unpaired) electrons. The second-order valence-corrected chi connectivity index (χ2v) is 9.29. The van der Waals surface area contributed by atoms with E-state index in [4.69, 9.17) is 0 Å². The standard InChI is InChI=1S/C28H36/c1-3-5-6-22-9-12-28-20-27(18-17-26(28)19-22)25-15-13-24(14-16-25)23-10-7-21(4-2)8-11-23/h3-4,9,12,17-21,23-25H,1-2,5-8,10-11,13-16H2. The van der Waals surface area contributed by atoms with Gasteiger partial charge >= 0.3 is 0 Å². The number of fused-ring (bicyclic) bond motifs is 1. The summed E-state index contributed by atoms with van der Waals surface area (Å²) in [6.45, 7) is 7.84. The third-order valence-electron chi connectivity index (χ3n) is 7.63. The predicted octanol–water partition coefficient (Wildman–Crippen LogP) is 8.22. The molecule has 0 heterocycles. The van der Waals surface area contributed by atoms with Crippen molar-refractivity contribution >= 4 is 10.8 Å². The van der Waals surface area contributed by atoms with Gasteiger partial charge in [0.05, 0.1) is 0 Å². The van der Waals surface area contributed by atoms with E-state index in [1.807, 2.05) is 6.08 Å². The number of hydrogen-bond donors (Lipinski definition) is 0. The summed E-state index contributed by atoms with van der Waals surface area (Å²) in [6, 6.07) is 14.2. The molecule has 4 rings (SSSR count). The van der Waals surface area contributed by atoms with Gasteiger partial charge in [-0.1, -0.05) is 48.6 Å². The van der Waals surface area contributed by atoms with Crippen LogP contribution in [0.25, 0.3) is 10.8 Å². The highest BCUT2D eigenvalue weighted by atomic mass is 14.4. The van der Waals surface area contributed by atoms with Gasteiger partial charge in [-0.25, -0.2) is 0 Å². The molecule has 0 saturated heterocycles. The van der Waals surface area contributed by atoms with Gasteiger partial charge in [-0.3, -0.25) is 0 Å². The lowest BCUT2D eigenvalue weighted by Crippen LogP contribution is -2.25. The molecule has 2 saturated carbocycles. The molecule has 28 heavy (non-hydrogen) atoms. The Morgan fingerprint density at radius 2 is 1.39 bits per heavy atom. The molecule has 0 atom stereocenters. The van der Waals surface area contributed by atoms with E-state index in [1.54, 1.807) is 5.56 Å². The first kappa shape index (κ1) is 19.5. The van der Waals surface area contributed by atoms with Gasteiger partial charge in [0, 0.05) is 0 Å². The predicted molar refractivity (Wildman–Crippen MR) is 123 cm³/mol. The summed E-state index contributed by atoms with van der Waals surface area (Å²) in [7, 11) is 0. The average Bonchev–Trinajstić information content (AvgIpc) is 2.77. The van der Waals surface area contributed by atoms with Crippen LogP contribution in [0.1, 0.15) is 74.8 Å². The molecule has 2 aromatic carbocycles. The zero-order chi connectivity index (χ0) is 19.3. The van der Waals surface area contributed by atoms with Crippen molar-refractivity contribution in [1.29, 1.82) is 0 Å². The first-order valence-corrected chi connectivity index (χ1v) is 11.5. The lowest BCUT2D eigenvalue weighted by atomic mass is 9.68. The van der Waals surface area contributed by atoms with E-state index in [2.05, 4.69) is 55.6 Å². The minimum Gasteiger partial charge on any atom is -0.103 e. The molecule has 2 aliphatic carbocycles. The fourth-order valence-corrected chi connectivity index (χ4v) is 5.77. The largest absolute Gasteiger partial charge is 0.103 e. The molecule has 0 aliphatic heterocycles. The summed E-state index contributed by atoms with van der Waals surface area (Å²) in [5.41, 5.74) is 2.99. The monoisotopic (exact) mass is 372 g/mol. The van der Waals surface area contributed by atoms with Crippen molar-refractivity contribution < 1.29 is 0 Å². The molecule has 148 valence electrons. The number of aryl methyl sites for hydroxylation is 1. The topological polar surface area (TPSA) is 0 Å². The Morgan fingerprint density at radius 3 is 2.07 bits per heavy atom. The lowest BCUT2D eigenvalue weighted by molar-refractivity contribution is 0.171. The van der Waals surface area contributed by atoms with Crippen molar-refractivity contribution in [3.8, 4) is 0 Å². The maximum Gasteiger partial charge on any atom is -0.0162 e. The molecule has 0 nitrogen and oxygen atoms in total. The normalized spacial score (nSPS) is 28.1. The van der Waals surface area contributed by atoms with Crippen molar-refractivity contribution in [2.45, 2.75) is 70.1 Å². The minimum absolute atomic E-state index is 0.769. The molecule has 0 spiro atoms. The molecule has 0 N–H and O–H groups in total. The Balaban J connectivity index is 1.37. The zero-order valence-electron chi connectivity index (χ0n) is 17.4. The van der Waals surface area contributed by atoms with Gasteiger partial charge in [0.25, 0.3) is 0 Å². The number of allylic oxidation sites excluding steroid dienone is 2. The third kappa shape index (κ3) is 4.43. The van der Waals surface area contributed by atoms with Gasteiger partial charge in [0.15, 0.2) is 0 Å². The minimum atomic E-state index is 0.769. The van der Waals surface area contributed by atoms with E-state index in [0.29, 0.717) is 0 Å². The smallest absolute Gasteiger partial charge is 0.0162 e. The van der Waals surface area contributed by atoms with E-state index in [-0.39, 0.29) is 0 Å². The average molecular weight is 373 g/mol.